The van der Waals surface area contributed by atoms with Gasteiger partial charge in [0.25, 0.3) is 5.91 Å². The fourth-order valence-electron chi connectivity index (χ4n) is 3.45. The van der Waals surface area contributed by atoms with Gasteiger partial charge in [-0.2, -0.15) is 0 Å². The fraction of sp³-hybridized carbons (Fsp3) is 0.318. The molecule has 1 amide bonds. The number of carbonyl (C=O) groups excluding carboxylic acids is 2. The number of nitrogens with two attached hydrogens (primary N) is 1. The van der Waals surface area contributed by atoms with E-state index in [1.807, 2.05) is 0 Å². The second kappa shape index (κ2) is 9.15. The van der Waals surface area contributed by atoms with Gasteiger partial charge in [0.05, 0.1) is 22.7 Å². The summed E-state index contributed by atoms with van der Waals surface area (Å²) in [5.74, 6) is -0.801. The van der Waals surface area contributed by atoms with Gasteiger partial charge in [-0.15, -0.1) is 6.42 Å². The molecule has 0 saturated carbocycles. The van der Waals surface area contributed by atoms with Gasteiger partial charge in [0.15, 0.2) is 23.4 Å². The van der Waals surface area contributed by atoms with Gasteiger partial charge in [-0.25, -0.2) is 18.7 Å². The van der Waals surface area contributed by atoms with Crippen LogP contribution in [0.1, 0.15) is 43.2 Å². The lowest BCUT2D eigenvalue weighted by atomic mass is 9.81. The molecule has 1 aliphatic rings. The molecule has 1 aromatic heterocycles. The van der Waals surface area contributed by atoms with Crippen LogP contribution in [0.2, 0.25) is 0 Å². The van der Waals surface area contributed by atoms with Crippen LogP contribution in [0.3, 0.4) is 0 Å². The van der Waals surface area contributed by atoms with Crippen LogP contribution in [0.4, 0.5) is 14.5 Å². The normalized spacial score (nSPS) is 22.1. The Morgan fingerprint density at radius 2 is 2.03 bits per heavy atom. The number of rotatable bonds is 6. The zero-order chi connectivity index (χ0) is 24.4. The minimum absolute atomic E-state index is 0.00913. The first-order valence-electron chi connectivity index (χ1n) is 9.72. The average Bonchev–Trinajstić information content (AvgIpc) is 2.74. The molecule has 0 spiro atoms. The zero-order valence-corrected chi connectivity index (χ0v) is 18.9. The van der Waals surface area contributed by atoms with Crippen molar-refractivity contribution in [3.63, 3.8) is 0 Å². The first kappa shape index (κ1) is 24.1. The van der Waals surface area contributed by atoms with Crippen molar-refractivity contribution in [3.05, 3.63) is 47.4 Å². The highest BCUT2D eigenvalue weighted by Gasteiger charge is 2.46. The summed E-state index contributed by atoms with van der Waals surface area (Å²) in [7, 11) is 0. The van der Waals surface area contributed by atoms with E-state index in [4.69, 9.17) is 16.9 Å². The Kier molecular flexibility index (Phi) is 6.69. The maximum atomic E-state index is 14.9. The Morgan fingerprint density at radius 3 is 2.64 bits per heavy atom. The second-order valence-corrected chi connectivity index (χ2v) is 9.32. The largest absolute Gasteiger partial charge is 0.463 e. The van der Waals surface area contributed by atoms with E-state index in [-0.39, 0.29) is 46.8 Å². The second-order valence-electron chi connectivity index (χ2n) is 7.80. The third-order valence-electron chi connectivity index (χ3n) is 5.14. The van der Waals surface area contributed by atoms with E-state index in [1.165, 1.54) is 19.2 Å². The highest BCUT2D eigenvalue weighted by molar-refractivity contribution is 8.15. The molecule has 0 fully saturated rings. The summed E-state index contributed by atoms with van der Waals surface area (Å²) in [6.45, 7) is 4.63. The molecule has 0 saturated heterocycles. The highest BCUT2D eigenvalue weighted by Crippen LogP contribution is 2.46. The third-order valence-corrected chi connectivity index (χ3v) is 6.33. The first-order chi connectivity index (χ1) is 15.5. The fourth-order valence-corrected chi connectivity index (χ4v) is 4.66. The number of anilines is 1. The summed E-state index contributed by atoms with van der Waals surface area (Å²) in [5, 5.41) is 2.55. The summed E-state index contributed by atoms with van der Waals surface area (Å²) in [6, 6.07) is 2.11. The Bertz CT molecular complexity index is 1180. The van der Waals surface area contributed by atoms with E-state index >= 15 is 0 Å². The summed E-state index contributed by atoms with van der Waals surface area (Å²) in [6.07, 6.45) is 7.55. The number of carbonyl (C=O) groups is 2. The molecule has 172 valence electrons. The summed E-state index contributed by atoms with van der Waals surface area (Å²) in [4.78, 5) is 36.9. The number of halogens is 2. The number of ether oxygens (including phenoxy) is 1. The number of amides is 1. The van der Waals surface area contributed by atoms with Gasteiger partial charge in [0.2, 0.25) is 5.88 Å². The van der Waals surface area contributed by atoms with Crippen LogP contribution < -0.4 is 15.8 Å². The van der Waals surface area contributed by atoms with Gasteiger partial charge in [0, 0.05) is 17.3 Å². The number of nitrogens with zero attached hydrogens (tertiary/aromatic N) is 3. The Labute approximate surface area is 193 Å². The molecule has 2 atom stereocenters. The van der Waals surface area contributed by atoms with Crippen molar-refractivity contribution in [3.8, 4) is 18.2 Å². The van der Waals surface area contributed by atoms with Crippen molar-refractivity contribution in [2.45, 2.75) is 37.5 Å². The SMILES string of the molecule is C#CCOc1cnc(C(=O)Nc2cc(F)c(F)c([C@]3(C)C[C@](C)(C(C)=O)SC(N)=N3)c2)cn1. The van der Waals surface area contributed by atoms with Crippen molar-refractivity contribution < 1.29 is 23.1 Å². The van der Waals surface area contributed by atoms with Crippen molar-refractivity contribution >= 4 is 34.3 Å². The number of thioether (sulfide) groups is 1. The van der Waals surface area contributed by atoms with Crippen molar-refractivity contribution in [2.24, 2.45) is 10.7 Å². The number of amidine groups is 1. The van der Waals surface area contributed by atoms with Gasteiger partial charge < -0.3 is 15.8 Å². The number of aromatic nitrogens is 2. The van der Waals surface area contributed by atoms with E-state index in [2.05, 4.69) is 26.2 Å². The molecule has 3 N–H and O–H groups in total. The molecule has 0 bridgehead atoms. The van der Waals surface area contributed by atoms with Crippen molar-refractivity contribution in [1.29, 1.82) is 0 Å². The summed E-state index contributed by atoms with van der Waals surface area (Å²) >= 11 is 1.08. The molecule has 0 aliphatic carbocycles. The number of terminal acetylenes is 1. The Hall–Kier alpha value is -3.52. The predicted octanol–water partition coefficient (Wildman–Crippen LogP) is 3.03. The average molecular weight is 474 g/mol. The minimum atomic E-state index is -1.34. The molecule has 33 heavy (non-hydrogen) atoms. The number of hydrogen-bond donors (Lipinski definition) is 2. The smallest absolute Gasteiger partial charge is 0.275 e. The molecule has 2 aromatic rings. The van der Waals surface area contributed by atoms with E-state index in [9.17, 15) is 18.4 Å². The topological polar surface area (TPSA) is 120 Å². The maximum Gasteiger partial charge on any atom is 0.275 e. The lowest BCUT2D eigenvalue weighted by Crippen LogP contribution is -2.44. The number of ketones is 1. The number of benzene rings is 1. The third kappa shape index (κ3) is 5.12. The van der Waals surface area contributed by atoms with Crippen molar-refractivity contribution in [2.75, 3.05) is 11.9 Å². The zero-order valence-electron chi connectivity index (χ0n) is 18.1. The number of hydrogen-bond acceptors (Lipinski definition) is 8. The van der Waals surface area contributed by atoms with Crippen LogP contribution in [0, 0.1) is 24.0 Å². The van der Waals surface area contributed by atoms with Crippen LogP contribution in [-0.2, 0) is 10.3 Å². The molecular formula is C22H21F2N5O3S. The molecule has 0 radical (unpaired) electrons. The molecule has 1 aliphatic heterocycles. The van der Waals surface area contributed by atoms with E-state index < -0.39 is 27.8 Å². The van der Waals surface area contributed by atoms with Crippen LogP contribution >= 0.6 is 11.8 Å². The molecule has 8 nitrogen and oxygen atoms in total. The van der Waals surface area contributed by atoms with Gasteiger partial charge in [-0.05, 0) is 33.3 Å². The van der Waals surface area contributed by atoms with Crippen LogP contribution in [0.5, 0.6) is 5.88 Å². The lowest BCUT2D eigenvalue weighted by Gasteiger charge is -2.40. The van der Waals surface area contributed by atoms with Crippen LogP contribution in [0.25, 0.3) is 0 Å². The van der Waals surface area contributed by atoms with Gasteiger partial charge in [-0.1, -0.05) is 17.7 Å². The molecule has 1 aromatic carbocycles. The van der Waals surface area contributed by atoms with Gasteiger partial charge in [-0.3, -0.25) is 14.6 Å². The van der Waals surface area contributed by atoms with E-state index in [1.54, 1.807) is 13.8 Å². The Balaban J connectivity index is 1.92. The number of Topliss-reactive ketones (excluding diaryl/α,β-unsaturated/α-hetero) is 1. The molecular weight excluding hydrogens is 452 g/mol. The summed E-state index contributed by atoms with van der Waals surface area (Å²) < 4.78 is 33.5. The minimum Gasteiger partial charge on any atom is -0.463 e. The lowest BCUT2D eigenvalue weighted by molar-refractivity contribution is -0.119. The van der Waals surface area contributed by atoms with E-state index in [0.29, 0.717) is 0 Å². The number of aliphatic imine (C=N–C) groups is 1. The first-order valence-corrected chi connectivity index (χ1v) is 10.5. The van der Waals surface area contributed by atoms with Crippen LogP contribution in [0.15, 0.2) is 29.5 Å². The Morgan fingerprint density at radius 1 is 1.30 bits per heavy atom. The molecule has 11 heteroatoms. The highest BCUT2D eigenvalue weighted by atomic mass is 32.2. The maximum absolute atomic E-state index is 14.9. The standard InChI is InChI=1S/C22H21F2N5O3S/c1-5-6-32-17-10-26-16(9-27-17)19(31)28-13-7-14(18(24)15(23)8-13)21(3)11-22(4,12(2)30)33-20(25)29-21/h1,7-10H,6,11H2,2-4H3,(H2,25,29)(H,28,31)/t21-,22+/m0/s1. The number of nitrogens with one attached hydrogen (secondary N) is 1. The molecule has 3 rings (SSSR count). The quantitative estimate of drug-likeness (QED) is 0.619. The molecule has 0 unspecified atom stereocenters. The monoisotopic (exact) mass is 473 g/mol. The van der Waals surface area contributed by atoms with E-state index in [0.717, 1.165) is 24.0 Å². The van der Waals surface area contributed by atoms with Gasteiger partial charge in [0.1, 0.15) is 11.5 Å². The predicted molar refractivity (Wildman–Crippen MR) is 121 cm³/mol. The van der Waals surface area contributed by atoms with Crippen molar-refractivity contribution in [1.82, 2.24) is 9.97 Å². The summed E-state index contributed by atoms with van der Waals surface area (Å²) in [5.41, 5.74) is 4.34. The van der Waals surface area contributed by atoms with Crippen LogP contribution in [-0.4, -0.2) is 38.2 Å². The van der Waals surface area contributed by atoms with Gasteiger partial charge >= 0.3 is 0 Å². The molecule has 2 heterocycles.